The summed E-state index contributed by atoms with van der Waals surface area (Å²) in [4.78, 5) is 13.6. The third-order valence-electron chi connectivity index (χ3n) is 3.51. The molecular weight excluding hydrogens is 276 g/mol. The van der Waals surface area contributed by atoms with Crippen molar-refractivity contribution in [3.63, 3.8) is 0 Å². The van der Waals surface area contributed by atoms with Crippen molar-refractivity contribution in [3.05, 3.63) is 29.8 Å². The molecule has 2 unspecified atom stereocenters. The zero-order valence-corrected chi connectivity index (χ0v) is 12.4. The van der Waals surface area contributed by atoms with Crippen molar-refractivity contribution < 1.29 is 4.79 Å². The molecule has 0 radical (unpaired) electrons. The Balaban J connectivity index is 1.68. The van der Waals surface area contributed by atoms with Crippen LogP contribution < -0.4 is 10.6 Å². The lowest BCUT2D eigenvalue weighted by molar-refractivity contribution is -0.123. The molecule has 1 saturated heterocycles. The lowest BCUT2D eigenvalue weighted by atomic mass is 10.0. The topological polar surface area (TPSA) is 41.1 Å². The monoisotopic (exact) mass is 294 g/mol. The number of carbonyl (C=O) groups excluding carboxylic acids is 1. The van der Waals surface area contributed by atoms with Crippen molar-refractivity contribution >= 4 is 29.4 Å². The summed E-state index contributed by atoms with van der Waals surface area (Å²) in [6, 6.07) is 8.55. The van der Waals surface area contributed by atoms with Crippen LogP contribution in [0, 0.1) is 0 Å². The normalized spacial score (nSPS) is 26.5. The number of rotatable bonds is 2. The molecule has 2 N–H and O–H groups in total. The molecule has 2 atom stereocenters. The van der Waals surface area contributed by atoms with Gasteiger partial charge >= 0.3 is 0 Å². The van der Waals surface area contributed by atoms with Crippen LogP contribution in [0.1, 0.15) is 18.0 Å². The zero-order chi connectivity index (χ0) is 13.1. The average Bonchev–Trinajstić information content (AvgIpc) is 2.48. The highest BCUT2D eigenvalue weighted by atomic mass is 32.2. The van der Waals surface area contributed by atoms with Gasteiger partial charge in [-0.3, -0.25) is 4.79 Å². The molecule has 2 aliphatic rings. The van der Waals surface area contributed by atoms with Crippen LogP contribution in [0.3, 0.4) is 0 Å². The van der Waals surface area contributed by atoms with E-state index in [4.69, 9.17) is 0 Å². The Kier molecular flexibility index (Phi) is 4.35. The van der Waals surface area contributed by atoms with Gasteiger partial charge in [-0.05, 0) is 18.1 Å². The van der Waals surface area contributed by atoms with E-state index in [1.54, 1.807) is 0 Å². The molecule has 102 valence electrons. The van der Waals surface area contributed by atoms with Crippen molar-refractivity contribution in [3.8, 4) is 0 Å². The van der Waals surface area contributed by atoms with E-state index >= 15 is 0 Å². The summed E-state index contributed by atoms with van der Waals surface area (Å²) in [7, 11) is 0. The van der Waals surface area contributed by atoms with Crippen LogP contribution in [0.4, 0.5) is 0 Å². The van der Waals surface area contributed by atoms with Crippen LogP contribution in [-0.2, 0) is 4.79 Å². The predicted molar refractivity (Wildman–Crippen MR) is 81.8 cm³/mol. The van der Waals surface area contributed by atoms with Gasteiger partial charge in [-0.1, -0.05) is 18.2 Å². The Labute approximate surface area is 122 Å². The second-order valence-corrected chi connectivity index (χ2v) is 7.10. The molecule has 1 aromatic carbocycles. The molecule has 2 heterocycles. The lowest BCUT2D eigenvalue weighted by Gasteiger charge is -2.29. The van der Waals surface area contributed by atoms with E-state index in [0.717, 1.165) is 30.2 Å². The van der Waals surface area contributed by atoms with Crippen molar-refractivity contribution in [1.29, 1.82) is 0 Å². The molecule has 0 bridgehead atoms. The van der Waals surface area contributed by atoms with Crippen LogP contribution in [0.15, 0.2) is 29.2 Å². The molecule has 0 spiro atoms. The summed E-state index contributed by atoms with van der Waals surface area (Å²) < 4.78 is 0. The fraction of sp³-hybridized carbons (Fsp3) is 0.500. The fourth-order valence-corrected chi connectivity index (χ4v) is 4.56. The second kappa shape index (κ2) is 6.20. The summed E-state index contributed by atoms with van der Waals surface area (Å²) in [5, 5.41) is 6.51. The number of carbonyl (C=O) groups is 1. The SMILES string of the molecule is O=C(NC1CCSc2ccccc21)C1CSCCN1. The Hall–Kier alpha value is -0.650. The fourth-order valence-electron chi connectivity index (χ4n) is 2.50. The quantitative estimate of drug-likeness (QED) is 0.876. The number of thioether (sulfide) groups is 2. The van der Waals surface area contributed by atoms with Crippen LogP contribution in [0.25, 0.3) is 0 Å². The molecule has 0 saturated carbocycles. The number of hydrogen-bond donors (Lipinski definition) is 2. The van der Waals surface area contributed by atoms with E-state index in [1.165, 1.54) is 10.5 Å². The van der Waals surface area contributed by atoms with Gasteiger partial charge in [-0.2, -0.15) is 11.8 Å². The third kappa shape index (κ3) is 3.09. The second-order valence-electron chi connectivity index (χ2n) is 4.82. The van der Waals surface area contributed by atoms with E-state index in [2.05, 4.69) is 34.9 Å². The molecule has 5 heteroatoms. The van der Waals surface area contributed by atoms with Gasteiger partial charge in [-0.15, -0.1) is 11.8 Å². The molecule has 2 aliphatic heterocycles. The minimum Gasteiger partial charge on any atom is -0.348 e. The van der Waals surface area contributed by atoms with Gasteiger partial charge in [0.15, 0.2) is 0 Å². The summed E-state index contributed by atoms with van der Waals surface area (Å²) in [6.45, 7) is 0.930. The van der Waals surface area contributed by atoms with Crippen LogP contribution in [0.5, 0.6) is 0 Å². The number of benzene rings is 1. The lowest BCUT2D eigenvalue weighted by Crippen LogP contribution is -2.50. The maximum absolute atomic E-state index is 12.3. The Morgan fingerprint density at radius 2 is 2.21 bits per heavy atom. The molecule has 1 aromatic rings. The number of nitrogens with one attached hydrogen (secondary N) is 2. The van der Waals surface area contributed by atoms with Gasteiger partial charge in [0, 0.05) is 28.7 Å². The van der Waals surface area contributed by atoms with E-state index < -0.39 is 0 Å². The molecule has 0 aliphatic carbocycles. The van der Waals surface area contributed by atoms with Crippen molar-refractivity contribution in [1.82, 2.24) is 10.6 Å². The highest BCUT2D eigenvalue weighted by Crippen LogP contribution is 2.35. The number of amides is 1. The van der Waals surface area contributed by atoms with Gasteiger partial charge in [-0.25, -0.2) is 0 Å². The molecule has 1 amide bonds. The maximum Gasteiger partial charge on any atom is 0.238 e. The highest BCUT2D eigenvalue weighted by molar-refractivity contribution is 7.99. The van der Waals surface area contributed by atoms with Crippen LogP contribution >= 0.6 is 23.5 Å². The van der Waals surface area contributed by atoms with E-state index in [-0.39, 0.29) is 18.0 Å². The van der Waals surface area contributed by atoms with Crippen molar-refractivity contribution in [2.45, 2.75) is 23.4 Å². The minimum atomic E-state index is -0.0273. The van der Waals surface area contributed by atoms with Crippen molar-refractivity contribution in [2.75, 3.05) is 23.8 Å². The van der Waals surface area contributed by atoms with E-state index in [0.29, 0.717) is 0 Å². The summed E-state index contributed by atoms with van der Waals surface area (Å²) in [5.74, 6) is 3.22. The molecule has 3 rings (SSSR count). The standard InChI is InChI=1S/C14H18N2OS2/c17-14(12-9-18-8-6-15-12)16-11-5-7-19-13-4-2-1-3-10(11)13/h1-4,11-12,15H,5-9H2,(H,16,17). The Morgan fingerprint density at radius 3 is 3.05 bits per heavy atom. The maximum atomic E-state index is 12.3. The van der Waals surface area contributed by atoms with Crippen molar-refractivity contribution in [2.24, 2.45) is 0 Å². The smallest absolute Gasteiger partial charge is 0.238 e. The first-order chi connectivity index (χ1) is 9.34. The molecule has 0 aromatic heterocycles. The molecule has 3 nitrogen and oxygen atoms in total. The number of hydrogen-bond acceptors (Lipinski definition) is 4. The largest absolute Gasteiger partial charge is 0.348 e. The first-order valence-electron chi connectivity index (χ1n) is 6.68. The van der Waals surface area contributed by atoms with Gasteiger partial charge in [0.2, 0.25) is 5.91 Å². The summed E-state index contributed by atoms with van der Waals surface area (Å²) >= 11 is 3.74. The van der Waals surface area contributed by atoms with Crippen LogP contribution in [-0.4, -0.2) is 35.8 Å². The molecule has 1 fully saturated rings. The number of fused-ring (bicyclic) bond motifs is 1. The first kappa shape index (κ1) is 13.3. The minimum absolute atomic E-state index is 0.0273. The first-order valence-corrected chi connectivity index (χ1v) is 8.82. The van der Waals surface area contributed by atoms with E-state index in [9.17, 15) is 4.79 Å². The Morgan fingerprint density at radius 1 is 1.32 bits per heavy atom. The van der Waals surface area contributed by atoms with Gasteiger partial charge in [0.05, 0.1) is 12.1 Å². The van der Waals surface area contributed by atoms with Gasteiger partial charge in [0.1, 0.15) is 0 Å². The molecular formula is C14H18N2OS2. The average molecular weight is 294 g/mol. The molecule has 19 heavy (non-hydrogen) atoms. The predicted octanol–water partition coefficient (Wildman–Crippen LogP) is 2.04. The third-order valence-corrected chi connectivity index (χ3v) is 5.70. The van der Waals surface area contributed by atoms with Gasteiger partial charge < -0.3 is 10.6 Å². The van der Waals surface area contributed by atoms with E-state index in [1.807, 2.05) is 23.5 Å². The van der Waals surface area contributed by atoms with Gasteiger partial charge in [0.25, 0.3) is 0 Å². The summed E-state index contributed by atoms with van der Waals surface area (Å²) in [5.41, 5.74) is 1.27. The van der Waals surface area contributed by atoms with Crippen LogP contribution in [0.2, 0.25) is 0 Å². The highest BCUT2D eigenvalue weighted by Gasteiger charge is 2.26. The summed E-state index contributed by atoms with van der Waals surface area (Å²) in [6.07, 6.45) is 1.02. The zero-order valence-electron chi connectivity index (χ0n) is 10.7. The Bertz CT molecular complexity index is 461.